The maximum absolute atomic E-state index is 11.6. The molecule has 0 aromatic heterocycles. The lowest BCUT2D eigenvalue weighted by atomic mass is 10.0. The molecule has 2 heteroatoms. The van der Waals surface area contributed by atoms with Gasteiger partial charge in [0.05, 0.1) is 0 Å². The van der Waals surface area contributed by atoms with Crippen molar-refractivity contribution in [3.8, 4) is 0 Å². The van der Waals surface area contributed by atoms with Crippen molar-refractivity contribution in [3.63, 3.8) is 0 Å². The van der Waals surface area contributed by atoms with E-state index in [0.29, 0.717) is 17.6 Å². The first-order valence-electron chi connectivity index (χ1n) is 6.62. The molecule has 1 aromatic rings. The van der Waals surface area contributed by atoms with Crippen LogP contribution < -0.4 is 0 Å². The van der Waals surface area contributed by atoms with E-state index in [0.717, 1.165) is 38.9 Å². The van der Waals surface area contributed by atoms with Crippen LogP contribution in [0.5, 0.6) is 0 Å². The van der Waals surface area contributed by atoms with Crippen molar-refractivity contribution < 1.29 is 4.79 Å². The smallest absolute Gasteiger partial charge is 0.137 e. The molecule has 2 aliphatic rings. The molecule has 2 atom stereocenters. The minimum Gasteiger partial charge on any atom is -0.302 e. The van der Waals surface area contributed by atoms with Crippen LogP contribution in [0.15, 0.2) is 30.3 Å². The summed E-state index contributed by atoms with van der Waals surface area (Å²) in [5, 5.41) is 0. The number of carbonyl (C=O) groups is 1. The third-order valence-electron chi connectivity index (χ3n) is 4.25. The van der Waals surface area contributed by atoms with E-state index in [1.807, 2.05) is 0 Å². The van der Waals surface area contributed by atoms with Gasteiger partial charge in [0.1, 0.15) is 5.78 Å². The molecule has 0 N–H and O–H groups in total. The number of Topliss-reactive ketones (excluding diaryl/α,β-unsaturated/α-hetero) is 1. The summed E-state index contributed by atoms with van der Waals surface area (Å²) in [6.07, 6.45) is 3.07. The number of rotatable bonds is 3. The molecule has 0 spiro atoms. The highest BCUT2D eigenvalue weighted by molar-refractivity contribution is 5.84. The Bertz CT molecular complexity index is 401. The number of benzene rings is 1. The third kappa shape index (κ3) is 2.27. The highest BCUT2D eigenvalue weighted by Gasteiger charge is 2.41. The van der Waals surface area contributed by atoms with Gasteiger partial charge in [0.15, 0.2) is 0 Å². The van der Waals surface area contributed by atoms with Gasteiger partial charge in [-0.15, -0.1) is 0 Å². The van der Waals surface area contributed by atoms with Crippen LogP contribution in [-0.4, -0.2) is 30.3 Å². The van der Waals surface area contributed by atoms with Gasteiger partial charge < -0.3 is 4.90 Å². The fourth-order valence-corrected chi connectivity index (χ4v) is 3.25. The van der Waals surface area contributed by atoms with Gasteiger partial charge in [0, 0.05) is 32.0 Å². The van der Waals surface area contributed by atoms with Crippen molar-refractivity contribution in [3.05, 3.63) is 35.9 Å². The molecule has 3 rings (SSSR count). The highest BCUT2D eigenvalue weighted by atomic mass is 16.1. The molecule has 1 saturated carbocycles. The van der Waals surface area contributed by atoms with Gasteiger partial charge in [-0.3, -0.25) is 4.79 Å². The number of hydrogen-bond donors (Lipinski definition) is 0. The van der Waals surface area contributed by atoms with Gasteiger partial charge >= 0.3 is 0 Å². The molecular formula is C15H19NO. The first-order chi connectivity index (χ1) is 8.33. The second-order valence-electron chi connectivity index (χ2n) is 5.37. The topological polar surface area (TPSA) is 20.3 Å². The Morgan fingerprint density at radius 3 is 2.76 bits per heavy atom. The van der Waals surface area contributed by atoms with E-state index in [9.17, 15) is 4.79 Å². The zero-order valence-corrected chi connectivity index (χ0v) is 10.1. The minimum absolute atomic E-state index is 0.366. The Morgan fingerprint density at radius 1 is 1.18 bits per heavy atom. The van der Waals surface area contributed by atoms with Crippen LogP contribution in [0.2, 0.25) is 0 Å². The first kappa shape index (κ1) is 11.0. The van der Waals surface area contributed by atoms with E-state index in [2.05, 4.69) is 35.2 Å². The summed E-state index contributed by atoms with van der Waals surface area (Å²) in [5.41, 5.74) is 1.40. The first-order valence-corrected chi connectivity index (χ1v) is 6.62. The minimum atomic E-state index is 0.366. The average Bonchev–Trinajstić information content (AvgIpc) is 2.91. The summed E-state index contributed by atoms with van der Waals surface area (Å²) in [5.74, 6) is 1.54. The maximum atomic E-state index is 11.6. The van der Waals surface area contributed by atoms with E-state index in [1.165, 1.54) is 5.56 Å². The molecule has 0 radical (unpaired) electrons. The van der Waals surface area contributed by atoms with E-state index in [-0.39, 0.29) is 0 Å². The average molecular weight is 229 g/mol. The molecule has 1 aliphatic carbocycles. The number of likely N-dealkylation sites (tertiary alicyclic amines) is 1. The molecule has 0 bridgehead atoms. The zero-order chi connectivity index (χ0) is 11.7. The monoisotopic (exact) mass is 229 g/mol. The van der Waals surface area contributed by atoms with Crippen molar-refractivity contribution in [2.24, 2.45) is 11.8 Å². The molecule has 0 unspecified atom stereocenters. The van der Waals surface area contributed by atoms with Crippen molar-refractivity contribution in [1.82, 2.24) is 4.90 Å². The number of ketones is 1. The highest BCUT2D eigenvalue weighted by Crippen LogP contribution is 2.35. The lowest BCUT2D eigenvalue weighted by Crippen LogP contribution is -2.25. The maximum Gasteiger partial charge on any atom is 0.137 e. The molecule has 0 amide bonds. The number of carbonyl (C=O) groups excluding carboxylic acids is 1. The molecule has 90 valence electrons. The molecule has 2 nitrogen and oxygen atoms in total. The molecular weight excluding hydrogens is 210 g/mol. The van der Waals surface area contributed by atoms with Crippen LogP contribution in [0.3, 0.4) is 0 Å². The van der Waals surface area contributed by atoms with Crippen LogP contribution in [0, 0.1) is 11.8 Å². The molecule has 1 aliphatic heterocycles. The number of nitrogens with zero attached hydrogens (tertiary/aromatic N) is 1. The lowest BCUT2D eigenvalue weighted by Gasteiger charge is -2.16. The van der Waals surface area contributed by atoms with Gasteiger partial charge in [0.25, 0.3) is 0 Å². The Labute approximate surface area is 103 Å². The van der Waals surface area contributed by atoms with E-state index < -0.39 is 0 Å². The van der Waals surface area contributed by atoms with Gasteiger partial charge in [-0.2, -0.15) is 0 Å². The second-order valence-corrected chi connectivity index (χ2v) is 5.37. The van der Waals surface area contributed by atoms with Gasteiger partial charge in [-0.05, 0) is 24.3 Å². The molecule has 2 fully saturated rings. The van der Waals surface area contributed by atoms with Crippen molar-refractivity contribution in [1.29, 1.82) is 0 Å². The Hall–Kier alpha value is -1.15. The van der Waals surface area contributed by atoms with Crippen LogP contribution in [0.1, 0.15) is 18.4 Å². The lowest BCUT2D eigenvalue weighted by molar-refractivity contribution is -0.120. The Morgan fingerprint density at radius 2 is 2.00 bits per heavy atom. The van der Waals surface area contributed by atoms with Crippen LogP contribution in [0.25, 0.3) is 0 Å². The quantitative estimate of drug-likeness (QED) is 0.791. The largest absolute Gasteiger partial charge is 0.302 e. The van der Waals surface area contributed by atoms with Crippen molar-refractivity contribution in [2.75, 3.05) is 19.6 Å². The van der Waals surface area contributed by atoms with Crippen molar-refractivity contribution >= 4 is 5.78 Å². The molecule has 17 heavy (non-hydrogen) atoms. The summed E-state index contributed by atoms with van der Waals surface area (Å²) >= 11 is 0. The zero-order valence-electron chi connectivity index (χ0n) is 10.1. The molecule has 1 heterocycles. The SMILES string of the molecule is O=C1CC[C@@H]2CN(CCc3ccccc3)C[C@H]12. The van der Waals surface area contributed by atoms with E-state index >= 15 is 0 Å². The summed E-state index contributed by atoms with van der Waals surface area (Å²) < 4.78 is 0. The van der Waals surface area contributed by atoms with Crippen LogP contribution in [-0.2, 0) is 11.2 Å². The van der Waals surface area contributed by atoms with Gasteiger partial charge in [-0.1, -0.05) is 30.3 Å². The summed E-state index contributed by atoms with van der Waals surface area (Å²) in [6, 6.07) is 10.6. The standard InChI is InChI=1S/C15H19NO/c17-15-7-6-13-10-16(11-14(13)15)9-8-12-4-2-1-3-5-12/h1-5,13-14H,6-11H2/t13-,14+/m1/s1. The third-order valence-corrected chi connectivity index (χ3v) is 4.25. The van der Waals surface area contributed by atoms with E-state index in [1.54, 1.807) is 0 Å². The van der Waals surface area contributed by atoms with Gasteiger partial charge in [-0.25, -0.2) is 0 Å². The summed E-state index contributed by atoms with van der Waals surface area (Å²) in [4.78, 5) is 14.1. The van der Waals surface area contributed by atoms with Crippen LogP contribution in [0.4, 0.5) is 0 Å². The summed E-state index contributed by atoms with van der Waals surface area (Å²) in [7, 11) is 0. The summed E-state index contributed by atoms with van der Waals surface area (Å²) in [6.45, 7) is 3.25. The fraction of sp³-hybridized carbons (Fsp3) is 0.533. The number of fused-ring (bicyclic) bond motifs is 1. The molecule has 1 aromatic carbocycles. The van der Waals surface area contributed by atoms with Crippen molar-refractivity contribution in [2.45, 2.75) is 19.3 Å². The Kier molecular flexibility index (Phi) is 2.98. The predicted octanol–water partition coefficient (Wildman–Crippen LogP) is 2.14. The van der Waals surface area contributed by atoms with Gasteiger partial charge in [0.2, 0.25) is 0 Å². The Balaban J connectivity index is 1.53. The number of hydrogen-bond acceptors (Lipinski definition) is 2. The predicted molar refractivity (Wildman–Crippen MR) is 67.8 cm³/mol. The van der Waals surface area contributed by atoms with E-state index in [4.69, 9.17) is 0 Å². The molecule has 1 saturated heterocycles. The normalized spacial score (nSPS) is 28.6. The fourth-order valence-electron chi connectivity index (χ4n) is 3.25. The second kappa shape index (κ2) is 4.61. The van der Waals surface area contributed by atoms with Crippen LogP contribution >= 0.6 is 0 Å².